The number of Topliss-reactive ketones (excluding diaryl/α,β-unsaturated/α-hetero) is 1. The van der Waals surface area contributed by atoms with Gasteiger partial charge in [0.1, 0.15) is 6.54 Å². The number of likely N-dealkylation sites (N-methyl/N-ethyl adjacent to an activating group) is 1. The van der Waals surface area contributed by atoms with Crippen LogP contribution in [0.1, 0.15) is 27.5 Å². The Morgan fingerprint density at radius 3 is 2.31 bits per heavy atom. The Balaban J connectivity index is 4.83. The van der Waals surface area contributed by atoms with Crippen LogP contribution in [-0.4, -0.2) is 59.7 Å². The summed E-state index contributed by atoms with van der Waals surface area (Å²) in [6.45, 7) is 0.148. The Morgan fingerprint density at radius 2 is 1.94 bits per heavy atom. The Morgan fingerprint density at radius 1 is 1.38 bits per heavy atom. The average Bonchev–Trinajstić information content (AvgIpc) is 2.09. The summed E-state index contributed by atoms with van der Waals surface area (Å²) in [6, 6.07) is 0. The predicted octanol–water partition coefficient (Wildman–Crippen LogP) is 0.268. The minimum Gasteiger partial charge on any atom is -0.481 e. The van der Waals surface area contributed by atoms with Crippen LogP contribution in [0.5, 0.6) is 0 Å². The van der Waals surface area contributed by atoms with Crippen molar-refractivity contribution in [3.8, 4) is 0 Å². The van der Waals surface area contributed by atoms with Crippen molar-refractivity contribution in [1.82, 2.24) is 0 Å². The zero-order chi connectivity index (χ0) is 13.7. The number of carboxylic acids is 1. The van der Waals surface area contributed by atoms with Crippen LogP contribution in [0.25, 0.3) is 0 Å². The maximum Gasteiger partial charge on any atom is 0.306 e. The monoisotopic (exact) mass is 233 g/mol. The van der Waals surface area contributed by atoms with Gasteiger partial charge in [0.25, 0.3) is 0 Å². The first-order valence-electron chi connectivity index (χ1n) is 5.88. The number of carbonyl (C=O) groups excluding carboxylic acids is 1. The minimum atomic E-state index is -1.83. The summed E-state index contributed by atoms with van der Waals surface area (Å²) in [5.74, 6) is -1.68. The van der Waals surface area contributed by atoms with Gasteiger partial charge in [0.05, 0.1) is 27.6 Å². The van der Waals surface area contributed by atoms with Crippen LogP contribution in [-0.2, 0) is 9.59 Å². The van der Waals surface area contributed by atoms with Crippen molar-refractivity contribution >= 4 is 11.8 Å². The molecule has 0 heterocycles. The lowest BCUT2D eigenvalue weighted by molar-refractivity contribution is -0.875. The van der Waals surface area contributed by atoms with E-state index in [0.717, 1.165) is 0 Å². The average molecular weight is 233 g/mol. The van der Waals surface area contributed by atoms with Crippen molar-refractivity contribution in [2.45, 2.75) is 31.8 Å². The number of rotatable bonds is 7. The number of quaternary nitrogens is 1. The summed E-state index contributed by atoms with van der Waals surface area (Å²) in [5, 5.41) is 19.0. The number of hydrogen-bond acceptors (Lipinski definition) is 3. The Kier molecular flexibility index (Phi) is 4.44. The summed E-state index contributed by atoms with van der Waals surface area (Å²) >= 11 is 0. The van der Waals surface area contributed by atoms with Gasteiger partial charge < -0.3 is 14.7 Å². The van der Waals surface area contributed by atoms with Gasteiger partial charge in [-0.1, -0.05) is 6.90 Å². The summed E-state index contributed by atoms with van der Waals surface area (Å²) in [5.41, 5.74) is -1.83. The summed E-state index contributed by atoms with van der Waals surface area (Å²) in [7, 11) is 5.35. The van der Waals surface area contributed by atoms with E-state index in [4.69, 9.17) is 6.48 Å². The van der Waals surface area contributed by atoms with Crippen molar-refractivity contribution in [2.24, 2.45) is 0 Å². The molecule has 0 aromatic rings. The van der Waals surface area contributed by atoms with Gasteiger partial charge in [-0.05, 0) is 6.42 Å². The lowest BCUT2D eigenvalue weighted by Gasteiger charge is -2.33. The van der Waals surface area contributed by atoms with Gasteiger partial charge in [0.15, 0.2) is 11.4 Å². The van der Waals surface area contributed by atoms with Crippen LogP contribution in [0.2, 0.25) is 0 Å². The van der Waals surface area contributed by atoms with Crippen LogP contribution < -0.4 is 0 Å². The van der Waals surface area contributed by atoms with E-state index < -0.39 is 23.8 Å². The molecule has 2 N–H and O–H groups in total. The van der Waals surface area contributed by atoms with Crippen LogP contribution in [0.15, 0.2) is 0 Å². The topological polar surface area (TPSA) is 74.6 Å². The summed E-state index contributed by atoms with van der Waals surface area (Å²) in [6.07, 6.45) is -0.190. The molecule has 16 heavy (non-hydrogen) atoms. The molecule has 0 aliphatic rings. The van der Waals surface area contributed by atoms with Crippen LogP contribution in [0.4, 0.5) is 0 Å². The molecule has 94 valence electrons. The second-order valence-corrected chi connectivity index (χ2v) is 5.08. The minimum absolute atomic E-state index is 0.0489. The first-order valence-corrected chi connectivity index (χ1v) is 5.18. The highest BCUT2D eigenvalue weighted by Crippen LogP contribution is 2.18. The normalized spacial score (nSPS) is 16.4. The van der Waals surface area contributed by atoms with Gasteiger partial charge in [-0.3, -0.25) is 9.59 Å². The van der Waals surface area contributed by atoms with Crippen molar-refractivity contribution < 1.29 is 25.7 Å². The second kappa shape index (κ2) is 5.41. The molecule has 0 saturated carbocycles. The molecule has 0 unspecified atom stereocenters. The fourth-order valence-electron chi connectivity index (χ4n) is 1.67. The molecular weight excluding hydrogens is 210 g/mol. The van der Waals surface area contributed by atoms with E-state index in [1.54, 1.807) is 21.1 Å². The highest BCUT2D eigenvalue weighted by Gasteiger charge is 2.42. The Labute approximate surface area is 97.7 Å². The van der Waals surface area contributed by atoms with E-state index in [1.807, 2.05) is 0 Å². The van der Waals surface area contributed by atoms with Crippen molar-refractivity contribution in [2.75, 3.05) is 27.7 Å². The number of nitrogens with zero attached hydrogens (tertiary/aromatic N) is 1. The fraction of sp³-hybridized carbons (Fsp3) is 0.818. The van der Waals surface area contributed by atoms with E-state index in [0.29, 0.717) is 10.9 Å². The van der Waals surface area contributed by atoms with E-state index in [9.17, 15) is 14.7 Å². The molecule has 5 nitrogen and oxygen atoms in total. The van der Waals surface area contributed by atoms with Crippen LogP contribution >= 0.6 is 0 Å². The SMILES string of the molecule is [2H]CCCC(=O)[C@@](O)(CC(=O)O)C[N+](C)(C)C. The van der Waals surface area contributed by atoms with Gasteiger partial charge in [0, 0.05) is 7.79 Å². The van der Waals surface area contributed by atoms with Gasteiger partial charge in [-0.2, -0.15) is 0 Å². The molecule has 0 aliphatic heterocycles. The molecular formula is C11H22NO4+. The zero-order valence-corrected chi connectivity index (χ0v) is 10.2. The largest absolute Gasteiger partial charge is 0.481 e. The maximum absolute atomic E-state index is 11.8. The molecule has 0 aromatic heterocycles. The molecule has 1 atom stereocenters. The van der Waals surface area contributed by atoms with E-state index in [2.05, 4.69) is 0 Å². The Hall–Kier alpha value is -0.940. The Bertz CT molecular complexity index is 288. The van der Waals surface area contributed by atoms with Gasteiger partial charge in [-0.25, -0.2) is 0 Å². The molecule has 0 rings (SSSR count). The third-order valence-electron chi connectivity index (χ3n) is 2.10. The number of aliphatic carboxylic acids is 1. The van der Waals surface area contributed by atoms with E-state index in [1.165, 1.54) is 0 Å². The molecule has 0 aliphatic carbocycles. The van der Waals surface area contributed by atoms with Gasteiger partial charge in [0.2, 0.25) is 0 Å². The number of ketones is 1. The molecule has 0 bridgehead atoms. The van der Waals surface area contributed by atoms with Crippen molar-refractivity contribution in [1.29, 1.82) is 0 Å². The molecule has 0 spiro atoms. The van der Waals surface area contributed by atoms with Gasteiger partial charge >= 0.3 is 5.97 Å². The number of carbonyl (C=O) groups is 2. The van der Waals surface area contributed by atoms with Gasteiger partial charge in [-0.15, -0.1) is 0 Å². The third-order valence-corrected chi connectivity index (χ3v) is 2.10. The number of hydrogen-bond donors (Lipinski definition) is 2. The maximum atomic E-state index is 11.8. The quantitative estimate of drug-likeness (QED) is 0.619. The summed E-state index contributed by atoms with van der Waals surface area (Å²) in [4.78, 5) is 22.6. The molecule has 0 radical (unpaired) electrons. The lowest BCUT2D eigenvalue weighted by Crippen LogP contribution is -2.54. The van der Waals surface area contributed by atoms with Crippen molar-refractivity contribution in [3.63, 3.8) is 0 Å². The third kappa shape index (κ3) is 5.23. The molecule has 5 heteroatoms. The first-order chi connectivity index (χ1) is 7.60. The standard InChI is InChI=1S/C11H21NO4/c1-5-6-9(13)11(16,7-10(14)15)8-12(2,3)4/h16H,5-8H2,1-4H3/p+1/t11-/m1/s1/i1D. The van der Waals surface area contributed by atoms with E-state index >= 15 is 0 Å². The first kappa shape index (κ1) is 13.1. The van der Waals surface area contributed by atoms with E-state index in [-0.39, 0.29) is 19.9 Å². The molecule has 0 aromatic carbocycles. The highest BCUT2D eigenvalue weighted by molar-refractivity contribution is 5.90. The molecule has 0 saturated heterocycles. The zero-order valence-electron chi connectivity index (χ0n) is 11.2. The van der Waals surface area contributed by atoms with Crippen LogP contribution in [0.3, 0.4) is 0 Å². The smallest absolute Gasteiger partial charge is 0.306 e. The second-order valence-electron chi connectivity index (χ2n) is 5.08. The molecule has 0 fully saturated rings. The summed E-state index contributed by atoms with van der Waals surface area (Å²) < 4.78 is 7.27. The fourth-order valence-corrected chi connectivity index (χ4v) is 1.67. The lowest BCUT2D eigenvalue weighted by atomic mass is 9.90. The molecule has 0 amide bonds. The number of aliphatic hydroxyl groups is 1. The van der Waals surface area contributed by atoms with Crippen LogP contribution in [0, 0.1) is 0 Å². The number of carboxylic acid groups (broad SMARTS) is 1. The van der Waals surface area contributed by atoms with Crippen molar-refractivity contribution in [3.05, 3.63) is 0 Å². The highest BCUT2D eigenvalue weighted by atomic mass is 16.4. The predicted molar refractivity (Wildman–Crippen MR) is 60.0 cm³/mol.